The lowest BCUT2D eigenvalue weighted by molar-refractivity contribution is 0.513. The number of halogens is 1. The van der Waals surface area contributed by atoms with Crippen LogP contribution in [0.3, 0.4) is 0 Å². The van der Waals surface area contributed by atoms with Crippen LogP contribution >= 0.6 is 0 Å². The van der Waals surface area contributed by atoms with Gasteiger partial charge in [-0.3, -0.25) is 0 Å². The zero-order valence-electron chi connectivity index (χ0n) is 8.92. The van der Waals surface area contributed by atoms with Crippen molar-refractivity contribution in [2.45, 2.75) is 19.6 Å². The Morgan fingerprint density at radius 2 is 1.57 bits per heavy atom. The van der Waals surface area contributed by atoms with Crippen molar-refractivity contribution in [2.75, 3.05) is 0 Å². The first kappa shape index (κ1) is 12.9. The molecule has 1 aromatic rings. The second kappa shape index (κ2) is 6.37. The van der Waals surface area contributed by atoms with Crippen molar-refractivity contribution in [1.82, 2.24) is 0 Å². The molecule has 0 aliphatic rings. The van der Waals surface area contributed by atoms with Gasteiger partial charge < -0.3 is 5.11 Å². The normalized spacial score (nSPS) is 9.21. The second-order valence-corrected chi connectivity index (χ2v) is 7.15. The summed E-state index contributed by atoms with van der Waals surface area (Å²) in [6.07, 6.45) is 0. The van der Waals surface area contributed by atoms with Gasteiger partial charge in [0.1, 0.15) is 11.6 Å². The molecule has 0 aromatic heterocycles. The molecule has 0 fully saturated rings. The molecule has 1 nitrogen and oxygen atoms in total. The summed E-state index contributed by atoms with van der Waals surface area (Å²) in [6.45, 7) is 10.2. The average Bonchev–Trinajstić information content (AvgIpc) is 2.03. The maximum Gasteiger partial charge on any atom is 0.123 e. The zero-order chi connectivity index (χ0) is 11.1. The van der Waals surface area contributed by atoms with E-state index in [1.807, 2.05) is 0 Å². The van der Waals surface area contributed by atoms with E-state index in [-0.39, 0.29) is 20.4 Å². The van der Waals surface area contributed by atoms with Crippen LogP contribution in [0.5, 0.6) is 0 Å². The van der Waals surface area contributed by atoms with Crippen LogP contribution in [0.4, 0.5) is 4.39 Å². The SMILES string of the molecule is C=C(O)c1ccc(F)cc1.C[SiH](C)C. The third-order valence-electron chi connectivity index (χ3n) is 1.18. The van der Waals surface area contributed by atoms with Crippen LogP contribution in [-0.2, 0) is 0 Å². The minimum Gasteiger partial charge on any atom is -0.508 e. The Morgan fingerprint density at radius 3 is 1.86 bits per heavy atom. The fourth-order valence-electron chi connectivity index (χ4n) is 0.642. The smallest absolute Gasteiger partial charge is 0.123 e. The molecule has 78 valence electrons. The highest BCUT2D eigenvalue weighted by atomic mass is 28.3. The lowest BCUT2D eigenvalue weighted by atomic mass is 10.2. The van der Waals surface area contributed by atoms with E-state index in [4.69, 9.17) is 5.11 Å². The van der Waals surface area contributed by atoms with Crippen molar-refractivity contribution in [3.63, 3.8) is 0 Å². The summed E-state index contributed by atoms with van der Waals surface area (Å²) in [5.74, 6) is -0.356. The number of rotatable bonds is 1. The number of hydrogen-bond donors (Lipinski definition) is 1. The molecule has 0 radical (unpaired) electrons. The monoisotopic (exact) mass is 212 g/mol. The predicted octanol–water partition coefficient (Wildman–Crippen LogP) is 3.46. The third-order valence-corrected chi connectivity index (χ3v) is 1.18. The molecule has 0 saturated heterocycles. The van der Waals surface area contributed by atoms with Gasteiger partial charge in [-0.05, 0) is 24.3 Å². The van der Waals surface area contributed by atoms with E-state index < -0.39 is 0 Å². The van der Waals surface area contributed by atoms with Gasteiger partial charge in [-0.2, -0.15) is 0 Å². The van der Waals surface area contributed by atoms with Crippen LogP contribution in [0.2, 0.25) is 19.6 Å². The number of hydrogen-bond acceptors (Lipinski definition) is 1. The standard InChI is InChI=1S/C8H7FO.C3H10Si/c1-6(10)7-2-4-8(9)5-3-7;1-4(2)3/h2-5,10H,1H2;4H,1-3H3. The van der Waals surface area contributed by atoms with Crippen molar-refractivity contribution in [1.29, 1.82) is 0 Å². The predicted molar refractivity (Wildman–Crippen MR) is 62.8 cm³/mol. The van der Waals surface area contributed by atoms with Crippen molar-refractivity contribution < 1.29 is 9.50 Å². The van der Waals surface area contributed by atoms with Gasteiger partial charge in [0.25, 0.3) is 0 Å². The molecular weight excluding hydrogens is 195 g/mol. The molecule has 0 heterocycles. The lowest BCUT2D eigenvalue weighted by Crippen LogP contribution is -1.84. The van der Waals surface area contributed by atoms with Gasteiger partial charge in [-0.1, -0.05) is 26.2 Å². The molecule has 0 saturated carbocycles. The van der Waals surface area contributed by atoms with Gasteiger partial charge >= 0.3 is 0 Å². The van der Waals surface area contributed by atoms with E-state index in [1.54, 1.807) is 0 Å². The maximum atomic E-state index is 12.2. The highest BCUT2D eigenvalue weighted by molar-refractivity contribution is 6.54. The Balaban J connectivity index is 0.000000364. The number of aliphatic hydroxyl groups excluding tert-OH is 1. The third kappa shape index (κ3) is 6.43. The van der Waals surface area contributed by atoms with E-state index in [2.05, 4.69) is 26.2 Å². The minimum absolute atomic E-state index is 0.0417. The van der Waals surface area contributed by atoms with E-state index in [9.17, 15) is 4.39 Å². The van der Waals surface area contributed by atoms with Gasteiger partial charge in [0, 0.05) is 14.4 Å². The van der Waals surface area contributed by atoms with E-state index >= 15 is 0 Å². The quantitative estimate of drug-likeness (QED) is 0.558. The molecule has 1 N–H and O–H groups in total. The molecule has 0 bridgehead atoms. The van der Waals surface area contributed by atoms with Crippen molar-refractivity contribution in [3.8, 4) is 0 Å². The van der Waals surface area contributed by atoms with Crippen molar-refractivity contribution >= 4 is 14.6 Å². The Kier molecular flexibility index (Phi) is 5.88. The van der Waals surface area contributed by atoms with Gasteiger partial charge in [-0.25, -0.2) is 4.39 Å². The van der Waals surface area contributed by atoms with Gasteiger partial charge in [0.15, 0.2) is 0 Å². The van der Waals surface area contributed by atoms with Gasteiger partial charge in [-0.15, -0.1) is 0 Å². The largest absolute Gasteiger partial charge is 0.508 e. The molecule has 0 amide bonds. The molecule has 0 aliphatic heterocycles. The summed E-state index contributed by atoms with van der Waals surface area (Å²) in [5.41, 5.74) is 0.543. The first-order chi connectivity index (χ1) is 6.43. The van der Waals surface area contributed by atoms with E-state index in [1.165, 1.54) is 24.3 Å². The Hall–Kier alpha value is -1.09. The summed E-state index contributed by atoms with van der Waals surface area (Å²) in [4.78, 5) is 0. The molecule has 0 aliphatic carbocycles. The van der Waals surface area contributed by atoms with Crippen LogP contribution in [0, 0.1) is 5.82 Å². The van der Waals surface area contributed by atoms with Crippen LogP contribution in [0.15, 0.2) is 30.8 Å². The molecule has 0 unspecified atom stereocenters. The first-order valence-corrected chi connectivity index (χ1v) is 8.03. The van der Waals surface area contributed by atoms with Crippen LogP contribution in [0.25, 0.3) is 5.76 Å². The highest BCUT2D eigenvalue weighted by Gasteiger charge is 1.93. The topological polar surface area (TPSA) is 20.2 Å². The molecule has 0 spiro atoms. The average molecular weight is 212 g/mol. The van der Waals surface area contributed by atoms with Crippen LogP contribution < -0.4 is 0 Å². The fraction of sp³-hybridized carbons (Fsp3) is 0.273. The fourth-order valence-corrected chi connectivity index (χ4v) is 0.642. The van der Waals surface area contributed by atoms with Gasteiger partial charge in [0.05, 0.1) is 0 Å². The Bertz CT molecular complexity index is 277. The van der Waals surface area contributed by atoms with Crippen LogP contribution in [-0.4, -0.2) is 13.9 Å². The summed E-state index contributed by atoms with van der Waals surface area (Å²) >= 11 is 0. The lowest BCUT2D eigenvalue weighted by Gasteiger charge is -1.95. The molecule has 0 atom stereocenters. The molecule has 14 heavy (non-hydrogen) atoms. The van der Waals surface area contributed by atoms with Crippen molar-refractivity contribution in [3.05, 3.63) is 42.2 Å². The molecule has 1 rings (SSSR count). The number of aliphatic hydroxyl groups is 1. The van der Waals surface area contributed by atoms with Crippen LogP contribution in [0.1, 0.15) is 5.56 Å². The zero-order valence-corrected chi connectivity index (χ0v) is 10.1. The molecular formula is C11H17FOSi. The van der Waals surface area contributed by atoms with E-state index in [0.717, 1.165) is 0 Å². The first-order valence-electron chi connectivity index (χ1n) is 4.57. The second-order valence-electron chi connectivity index (χ2n) is 3.69. The maximum absolute atomic E-state index is 12.2. The highest BCUT2D eigenvalue weighted by Crippen LogP contribution is 2.08. The molecule has 3 heteroatoms. The summed E-state index contributed by atoms with van der Waals surface area (Å²) in [6, 6.07) is 5.49. The minimum atomic E-state index is -0.315. The number of benzene rings is 1. The summed E-state index contributed by atoms with van der Waals surface area (Å²) in [5, 5.41) is 8.80. The molecule has 1 aromatic carbocycles. The Labute approximate surface area is 86.5 Å². The van der Waals surface area contributed by atoms with E-state index in [0.29, 0.717) is 5.56 Å². The Morgan fingerprint density at radius 1 is 1.21 bits per heavy atom. The van der Waals surface area contributed by atoms with Gasteiger partial charge in [0.2, 0.25) is 0 Å². The summed E-state index contributed by atoms with van der Waals surface area (Å²) in [7, 11) is -0.139. The van der Waals surface area contributed by atoms with Crippen molar-refractivity contribution in [2.24, 2.45) is 0 Å². The summed E-state index contributed by atoms with van der Waals surface area (Å²) < 4.78 is 12.2.